The van der Waals surface area contributed by atoms with Crippen LogP contribution in [0.2, 0.25) is 5.02 Å². The number of nitrogens with one attached hydrogen (secondary N) is 1. The summed E-state index contributed by atoms with van der Waals surface area (Å²) >= 11 is 7.74. The van der Waals surface area contributed by atoms with Gasteiger partial charge in [0, 0.05) is 23.4 Å². The van der Waals surface area contributed by atoms with Gasteiger partial charge in [0.05, 0.1) is 0 Å². The van der Waals surface area contributed by atoms with Crippen molar-refractivity contribution in [3.05, 3.63) is 29.3 Å². The van der Waals surface area contributed by atoms with Crippen LogP contribution in [0.3, 0.4) is 0 Å². The molecule has 2 rings (SSSR count). The Morgan fingerprint density at radius 2 is 2.22 bits per heavy atom. The zero-order valence-corrected chi connectivity index (χ0v) is 11.7. The van der Waals surface area contributed by atoms with Crippen LogP contribution in [-0.4, -0.2) is 41.9 Å². The van der Waals surface area contributed by atoms with Gasteiger partial charge in [0.2, 0.25) is 0 Å². The number of hydrogen-bond donors (Lipinski definition) is 2. The van der Waals surface area contributed by atoms with Crippen LogP contribution in [-0.2, 0) is 0 Å². The maximum Gasteiger partial charge on any atom is 0.119 e. The predicted octanol–water partition coefficient (Wildman–Crippen LogP) is 2.17. The fourth-order valence-corrected chi connectivity index (χ4v) is 3.09. The van der Waals surface area contributed by atoms with E-state index in [0.717, 1.165) is 11.5 Å². The highest BCUT2D eigenvalue weighted by Gasteiger charge is 2.16. The summed E-state index contributed by atoms with van der Waals surface area (Å²) < 4.78 is 5.48. The van der Waals surface area contributed by atoms with E-state index in [1.807, 2.05) is 11.8 Å². The van der Waals surface area contributed by atoms with Crippen molar-refractivity contribution in [2.45, 2.75) is 18.6 Å². The monoisotopic (exact) mass is 287 g/mol. The Kier molecular flexibility index (Phi) is 5.63. The van der Waals surface area contributed by atoms with Crippen LogP contribution in [0, 0.1) is 0 Å². The Balaban J connectivity index is 1.64. The first-order valence-electron chi connectivity index (χ1n) is 6.11. The van der Waals surface area contributed by atoms with Crippen LogP contribution < -0.4 is 10.1 Å². The number of aliphatic hydroxyl groups is 1. The molecule has 5 heteroatoms. The van der Waals surface area contributed by atoms with Crippen molar-refractivity contribution >= 4 is 23.4 Å². The SMILES string of the molecule is OC(CNC1CCSC1)COc1ccc(Cl)cc1. The highest BCUT2D eigenvalue weighted by Crippen LogP contribution is 2.17. The van der Waals surface area contributed by atoms with Crippen molar-refractivity contribution in [1.29, 1.82) is 0 Å². The lowest BCUT2D eigenvalue weighted by Crippen LogP contribution is -2.37. The number of halogens is 1. The smallest absolute Gasteiger partial charge is 0.119 e. The molecule has 1 heterocycles. The largest absolute Gasteiger partial charge is 0.491 e. The van der Waals surface area contributed by atoms with Gasteiger partial charge in [-0.05, 0) is 36.4 Å². The third-order valence-corrected chi connectivity index (χ3v) is 4.24. The third-order valence-electron chi connectivity index (χ3n) is 2.83. The molecule has 0 aliphatic carbocycles. The Morgan fingerprint density at radius 1 is 1.44 bits per heavy atom. The lowest BCUT2D eigenvalue weighted by Gasteiger charge is -2.16. The summed E-state index contributed by atoms with van der Waals surface area (Å²) in [5.41, 5.74) is 0. The van der Waals surface area contributed by atoms with Gasteiger partial charge in [-0.3, -0.25) is 0 Å². The minimum absolute atomic E-state index is 0.300. The number of rotatable bonds is 6. The molecule has 0 aromatic heterocycles. The number of hydrogen-bond acceptors (Lipinski definition) is 4. The molecule has 2 N–H and O–H groups in total. The Bertz CT molecular complexity index is 355. The molecule has 0 saturated carbocycles. The number of benzene rings is 1. The van der Waals surface area contributed by atoms with Crippen molar-refractivity contribution in [2.24, 2.45) is 0 Å². The molecule has 1 aromatic rings. The van der Waals surface area contributed by atoms with Crippen molar-refractivity contribution in [3.8, 4) is 5.75 Å². The van der Waals surface area contributed by atoms with Gasteiger partial charge in [-0.25, -0.2) is 0 Å². The number of ether oxygens (including phenoxy) is 1. The molecular formula is C13H18ClNO2S. The molecule has 0 spiro atoms. The molecule has 100 valence electrons. The minimum Gasteiger partial charge on any atom is -0.491 e. The molecular weight excluding hydrogens is 270 g/mol. The summed E-state index contributed by atoms with van der Waals surface area (Å²) in [4.78, 5) is 0. The Labute approximate surface area is 117 Å². The highest BCUT2D eigenvalue weighted by molar-refractivity contribution is 7.99. The third kappa shape index (κ3) is 4.69. The van der Waals surface area contributed by atoms with E-state index in [4.69, 9.17) is 16.3 Å². The summed E-state index contributed by atoms with van der Waals surface area (Å²) in [6.45, 7) is 0.882. The number of thioether (sulfide) groups is 1. The summed E-state index contributed by atoms with van der Waals surface area (Å²) in [6.07, 6.45) is 0.710. The first-order chi connectivity index (χ1) is 8.74. The Hall–Kier alpha value is -0.420. The molecule has 1 saturated heterocycles. The fourth-order valence-electron chi connectivity index (χ4n) is 1.78. The Morgan fingerprint density at radius 3 is 2.89 bits per heavy atom. The van der Waals surface area contributed by atoms with E-state index in [9.17, 15) is 5.11 Å². The molecule has 0 amide bonds. The van der Waals surface area contributed by atoms with Gasteiger partial charge in [-0.1, -0.05) is 11.6 Å². The first-order valence-corrected chi connectivity index (χ1v) is 7.65. The van der Waals surface area contributed by atoms with E-state index in [1.54, 1.807) is 24.3 Å². The second kappa shape index (κ2) is 7.24. The van der Waals surface area contributed by atoms with Crippen LogP contribution in [0.4, 0.5) is 0 Å². The van der Waals surface area contributed by atoms with E-state index in [-0.39, 0.29) is 0 Å². The molecule has 1 aliphatic heterocycles. The lowest BCUT2D eigenvalue weighted by molar-refractivity contribution is 0.104. The summed E-state index contributed by atoms with van der Waals surface area (Å²) in [5, 5.41) is 13.8. The van der Waals surface area contributed by atoms with Gasteiger partial charge in [-0.15, -0.1) is 0 Å². The zero-order chi connectivity index (χ0) is 12.8. The summed E-state index contributed by atoms with van der Waals surface area (Å²) in [7, 11) is 0. The zero-order valence-electron chi connectivity index (χ0n) is 10.1. The van der Waals surface area contributed by atoms with Gasteiger partial charge >= 0.3 is 0 Å². The molecule has 0 radical (unpaired) electrons. The van der Waals surface area contributed by atoms with Crippen molar-refractivity contribution in [3.63, 3.8) is 0 Å². The topological polar surface area (TPSA) is 41.5 Å². The highest BCUT2D eigenvalue weighted by atomic mass is 35.5. The minimum atomic E-state index is -0.480. The standard InChI is InChI=1S/C13H18ClNO2S/c14-10-1-3-13(4-2-10)17-8-12(16)7-15-11-5-6-18-9-11/h1-4,11-12,15-16H,5-9H2. The predicted molar refractivity (Wildman–Crippen MR) is 76.7 cm³/mol. The van der Waals surface area contributed by atoms with Crippen LogP contribution in [0.1, 0.15) is 6.42 Å². The van der Waals surface area contributed by atoms with E-state index in [1.165, 1.54) is 12.2 Å². The lowest BCUT2D eigenvalue weighted by atomic mass is 10.2. The van der Waals surface area contributed by atoms with Gasteiger partial charge in [0.25, 0.3) is 0 Å². The maximum absolute atomic E-state index is 9.81. The van der Waals surface area contributed by atoms with Crippen LogP contribution in [0.25, 0.3) is 0 Å². The number of aliphatic hydroxyl groups excluding tert-OH is 1. The van der Waals surface area contributed by atoms with Crippen molar-refractivity contribution in [1.82, 2.24) is 5.32 Å². The maximum atomic E-state index is 9.81. The van der Waals surface area contributed by atoms with Gasteiger partial charge in [-0.2, -0.15) is 11.8 Å². The molecule has 2 unspecified atom stereocenters. The second-order valence-electron chi connectivity index (χ2n) is 4.39. The molecule has 0 bridgehead atoms. The molecule has 1 aliphatic rings. The summed E-state index contributed by atoms with van der Waals surface area (Å²) in [6, 6.07) is 7.70. The molecule has 3 nitrogen and oxygen atoms in total. The van der Waals surface area contributed by atoms with Crippen LogP contribution in [0.5, 0.6) is 5.75 Å². The van der Waals surface area contributed by atoms with Crippen LogP contribution >= 0.6 is 23.4 Å². The van der Waals surface area contributed by atoms with Gasteiger partial charge in [0.1, 0.15) is 18.5 Å². The van der Waals surface area contributed by atoms with E-state index < -0.39 is 6.10 Å². The molecule has 18 heavy (non-hydrogen) atoms. The normalized spacial score (nSPS) is 20.9. The average Bonchev–Trinajstić information content (AvgIpc) is 2.89. The summed E-state index contributed by atoms with van der Waals surface area (Å²) in [5.74, 6) is 3.09. The average molecular weight is 288 g/mol. The van der Waals surface area contributed by atoms with E-state index in [0.29, 0.717) is 24.2 Å². The molecule has 1 aromatic carbocycles. The van der Waals surface area contributed by atoms with Crippen molar-refractivity contribution in [2.75, 3.05) is 24.7 Å². The fraction of sp³-hybridized carbons (Fsp3) is 0.538. The van der Waals surface area contributed by atoms with E-state index >= 15 is 0 Å². The van der Waals surface area contributed by atoms with Gasteiger partial charge in [0.15, 0.2) is 0 Å². The molecule has 2 atom stereocenters. The van der Waals surface area contributed by atoms with E-state index in [2.05, 4.69) is 5.32 Å². The molecule has 1 fully saturated rings. The quantitative estimate of drug-likeness (QED) is 0.841. The van der Waals surface area contributed by atoms with Crippen molar-refractivity contribution < 1.29 is 9.84 Å². The first kappa shape index (κ1) is 14.0. The second-order valence-corrected chi connectivity index (χ2v) is 5.97. The van der Waals surface area contributed by atoms with Crippen LogP contribution in [0.15, 0.2) is 24.3 Å². The van der Waals surface area contributed by atoms with Gasteiger partial charge < -0.3 is 15.2 Å².